The number of nitrogens with one attached hydrogen (secondary N) is 1. The van der Waals surface area contributed by atoms with Gasteiger partial charge < -0.3 is 14.5 Å². The van der Waals surface area contributed by atoms with Gasteiger partial charge in [-0.25, -0.2) is 4.39 Å². The van der Waals surface area contributed by atoms with Crippen LogP contribution in [0.5, 0.6) is 5.75 Å². The smallest absolute Gasteiger partial charge is 0.128 e. The van der Waals surface area contributed by atoms with Crippen LogP contribution in [0.3, 0.4) is 0 Å². The highest BCUT2D eigenvalue weighted by Crippen LogP contribution is 2.22. The molecule has 0 unspecified atom stereocenters. The van der Waals surface area contributed by atoms with Crippen molar-refractivity contribution in [3.63, 3.8) is 0 Å². The van der Waals surface area contributed by atoms with E-state index in [1.165, 1.54) is 12.1 Å². The van der Waals surface area contributed by atoms with Crippen molar-refractivity contribution in [1.82, 2.24) is 5.32 Å². The lowest BCUT2D eigenvalue weighted by Gasteiger charge is -2.20. The molecular formula is C16H19BrFNO2. The van der Waals surface area contributed by atoms with Crippen LogP contribution >= 0.6 is 15.9 Å². The number of hydrogen-bond donors (Lipinski definition) is 1. The van der Waals surface area contributed by atoms with Gasteiger partial charge in [0.25, 0.3) is 0 Å². The average Bonchev–Trinajstić information content (AvgIpc) is 2.79. The van der Waals surface area contributed by atoms with Gasteiger partial charge in [0.2, 0.25) is 0 Å². The van der Waals surface area contributed by atoms with Crippen molar-refractivity contribution in [2.24, 2.45) is 0 Å². The largest absolute Gasteiger partial charge is 0.489 e. The molecule has 1 N–H and O–H groups in total. The van der Waals surface area contributed by atoms with Gasteiger partial charge in [-0.2, -0.15) is 0 Å². The molecule has 3 nitrogen and oxygen atoms in total. The fourth-order valence-corrected chi connectivity index (χ4v) is 2.21. The van der Waals surface area contributed by atoms with E-state index < -0.39 is 0 Å². The van der Waals surface area contributed by atoms with Crippen molar-refractivity contribution in [2.75, 3.05) is 0 Å². The zero-order valence-electron chi connectivity index (χ0n) is 12.4. The lowest BCUT2D eigenvalue weighted by molar-refractivity contribution is 0.297. The molecule has 2 aromatic rings. The Balaban J connectivity index is 1.99. The molecule has 0 aliphatic carbocycles. The Hall–Kier alpha value is -1.33. The summed E-state index contributed by atoms with van der Waals surface area (Å²) in [4.78, 5) is 0. The third-order valence-electron chi connectivity index (χ3n) is 2.85. The Labute approximate surface area is 132 Å². The summed E-state index contributed by atoms with van der Waals surface area (Å²) >= 11 is 3.24. The zero-order valence-corrected chi connectivity index (χ0v) is 14.0. The first kappa shape index (κ1) is 16.0. The topological polar surface area (TPSA) is 34.4 Å². The van der Waals surface area contributed by atoms with Crippen LogP contribution in [-0.2, 0) is 13.2 Å². The molecule has 1 heterocycles. The Morgan fingerprint density at radius 2 is 2.05 bits per heavy atom. The maximum absolute atomic E-state index is 13.3. The molecule has 1 aromatic heterocycles. The van der Waals surface area contributed by atoms with Gasteiger partial charge in [0.15, 0.2) is 0 Å². The SMILES string of the molecule is CC(C)(C)NCc1occc1COc1cc(F)cc(Br)c1. The number of hydrogen-bond acceptors (Lipinski definition) is 3. The Morgan fingerprint density at radius 1 is 1.29 bits per heavy atom. The minimum absolute atomic E-state index is 0.0122. The van der Waals surface area contributed by atoms with Gasteiger partial charge in [-0.15, -0.1) is 0 Å². The van der Waals surface area contributed by atoms with E-state index in [0.717, 1.165) is 11.3 Å². The van der Waals surface area contributed by atoms with Crippen molar-refractivity contribution in [3.05, 3.63) is 52.1 Å². The molecule has 0 atom stereocenters. The summed E-state index contributed by atoms with van der Waals surface area (Å²) < 4.78 is 25.0. The standard InChI is InChI=1S/C16H19BrFNO2/c1-16(2,3)19-9-15-11(4-5-20-15)10-21-14-7-12(17)6-13(18)8-14/h4-8,19H,9-10H2,1-3H3. The normalized spacial score (nSPS) is 11.7. The van der Waals surface area contributed by atoms with Gasteiger partial charge in [-0.3, -0.25) is 0 Å². The summed E-state index contributed by atoms with van der Waals surface area (Å²) in [7, 11) is 0. The number of benzene rings is 1. The summed E-state index contributed by atoms with van der Waals surface area (Å²) in [6.07, 6.45) is 1.64. The Bertz CT molecular complexity index is 584. The Morgan fingerprint density at radius 3 is 2.71 bits per heavy atom. The molecule has 0 fully saturated rings. The van der Waals surface area contributed by atoms with Crippen molar-refractivity contribution < 1.29 is 13.5 Å². The molecule has 1 aromatic carbocycles. The minimum atomic E-state index is -0.332. The maximum atomic E-state index is 13.3. The van der Waals surface area contributed by atoms with E-state index in [4.69, 9.17) is 9.15 Å². The lowest BCUT2D eigenvalue weighted by atomic mass is 10.1. The molecule has 5 heteroatoms. The van der Waals surface area contributed by atoms with E-state index in [-0.39, 0.29) is 11.4 Å². The van der Waals surface area contributed by atoms with Crippen molar-refractivity contribution in [3.8, 4) is 5.75 Å². The van der Waals surface area contributed by atoms with E-state index in [2.05, 4.69) is 42.0 Å². The highest BCUT2D eigenvalue weighted by atomic mass is 79.9. The van der Waals surface area contributed by atoms with Gasteiger partial charge in [-0.1, -0.05) is 15.9 Å². The first-order chi connectivity index (χ1) is 9.83. The molecule has 0 aliphatic rings. The fourth-order valence-electron chi connectivity index (χ4n) is 1.77. The fraction of sp³-hybridized carbons (Fsp3) is 0.375. The molecule has 0 aliphatic heterocycles. The summed E-state index contributed by atoms with van der Waals surface area (Å²) in [5.41, 5.74) is 0.963. The van der Waals surface area contributed by atoms with E-state index in [1.54, 1.807) is 12.3 Å². The quantitative estimate of drug-likeness (QED) is 0.847. The number of furan rings is 1. The van der Waals surface area contributed by atoms with Gasteiger partial charge >= 0.3 is 0 Å². The van der Waals surface area contributed by atoms with Crippen LogP contribution < -0.4 is 10.1 Å². The number of rotatable bonds is 5. The third kappa shape index (κ3) is 5.17. The van der Waals surface area contributed by atoms with E-state index in [1.807, 2.05) is 6.07 Å². The molecule has 0 saturated heterocycles. The zero-order chi connectivity index (χ0) is 15.5. The average molecular weight is 356 g/mol. The molecule has 0 saturated carbocycles. The predicted octanol–water partition coefficient (Wildman–Crippen LogP) is 4.65. The molecule has 21 heavy (non-hydrogen) atoms. The first-order valence-electron chi connectivity index (χ1n) is 6.73. The van der Waals surface area contributed by atoms with E-state index in [0.29, 0.717) is 23.4 Å². The van der Waals surface area contributed by atoms with E-state index >= 15 is 0 Å². The van der Waals surface area contributed by atoms with Crippen LogP contribution in [0.1, 0.15) is 32.1 Å². The van der Waals surface area contributed by atoms with Gasteiger partial charge in [0.1, 0.15) is 23.9 Å². The van der Waals surface area contributed by atoms with Crippen molar-refractivity contribution >= 4 is 15.9 Å². The second-order valence-corrected chi connectivity index (χ2v) is 6.78. The second-order valence-electron chi connectivity index (χ2n) is 5.87. The molecular weight excluding hydrogens is 337 g/mol. The lowest BCUT2D eigenvalue weighted by Crippen LogP contribution is -2.35. The van der Waals surface area contributed by atoms with Crippen LogP contribution in [0.2, 0.25) is 0 Å². The van der Waals surface area contributed by atoms with Crippen LogP contribution in [0, 0.1) is 5.82 Å². The molecule has 0 radical (unpaired) electrons. The third-order valence-corrected chi connectivity index (χ3v) is 3.31. The molecule has 114 valence electrons. The Kier molecular flexibility index (Phi) is 5.06. The predicted molar refractivity (Wildman–Crippen MR) is 83.7 cm³/mol. The summed E-state index contributed by atoms with van der Waals surface area (Å²) in [5, 5.41) is 3.36. The van der Waals surface area contributed by atoms with Gasteiger partial charge in [0.05, 0.1) is 12.8 Å². The van der Waals surface area contributed by atoms with Crippen molar-refractivity contribution in [2.45, 2.75) is 39.5 Å². The highest BCUT2D eigenvalue weighted by molar-refractivity contribution is 9.10. The van der Waals surface area contributed by atoms with Gasteiger partial charge in [0, 0.05) is 21.6 Å². The summed E-state index contributed by atoms with van der Waals surface area (Å²) in [6, 6.07) is 6.35. The molecule has 0 spiro atoms. The number of halogens is 2. The van der Waals surface area contributed by atoms with E-state index in [9.17, 15) is 4.39 Å². The molecule has 0 amide bonds. The molecule has 0 bridgehead atoms. The summed E-state index contributed by atoms with van der Waals surface area (Å²) in [5.74, 6) is 0.986. The summed E-state index contributed by atoms with van der Waals surface area (Å²) in [6.45, 7) is 7.25. The minimum Gasteiger partial charge on any atom is -0.489 e. The first-order valence-corrected chi connectivity index (χ1v) is 7.52. The highest BCUT2D eigenvalue weighted by Gasteiger charge is 2.13. The molecule has 2 rings (SSSR count). The van der Waals surface area contributed by atoms with Crippen molar-refractivity contribution in [1.29, 1.82) is 0 Å². The van der Waals surface area contributed by atoms with Crippen LogP contribution in [0.4, 0.5) is 4.39 Å². The van der Waals surface area contributed by atoms with Crippen LogP contribution in [0.25, 0.3) is 0 Å². The monoisotopic (exact) mass is 355 g/mol. The number of ether oxygens (including phenoxy) is 1. The van der Waals surface area contributed by atoms with Gasteiger partial charge in [-0.05, 0) is 39.0 Å². The second kappa shape index (κ2) is 6.62. The van der Waals surface area contributed by atoms with Crippen LogP contribution in [-0.4, -0.2) is 5.54 Å². The van der Waals surface area contributed by atoms with Crippen LogP contribution in [0.15, 0.2) is 39.4 Å². The maximum Gasteiger partial charge on any atom is 0.128 e.